The van der Waals surface area contributed by atoms with Gasteiger partial charge in [-0.1, -0.05) is 6.07 Å². The van der Waals surface area contributed by atoms with Gasteiger partial charge < -0.3 is 9.88 Å². The zero-order valence-electron chi connectivity index (χ0n) is 14.7. The summed E-state index contributed by atoms with van der Waals surface area (Å²) in [5.74, 6) is -0.397. The average Bonchev–Trinajstić information content (AvgIpc) is 3.01. The number of hydrogen-bond donors (Lipinski definition) is 1. The fourth-order valence-corrected chi connectivity index (χ4v) is 2.70. The minimum absolute atomic E-state index is 0.0727. The molecule has 0 bridgehead atoms. The number of imidazole rings is 1. The fourth-order valence-electron chi connectivity index (χ4n) is 2.70. The number of rotatable bonds is 4. The van der Waals surface area contributed by atoms with Crippen LogP contribution in [0.5, 0.6) is 0 Å². The summed E-state index contributed by atoms with van der Waals surface area (Å²) in [4.78, 5) is 27.3. The van der Waals surface area contributed by atoms with Gasteiger partial charge in [0, 0.05) is 34.8 Å². The Hall–Kier alpha value is -3.48. The van der Waals surface area contributed by atoms with E-state index in [-0.39, 0.29) is 11.3 Å². The van der Waals surface area contributed by atoms with Crippen LogP contribution < -0.4 is 5.32 Å². The van der Waals surface area contributed by atoms with Gasteiger partial charge in [0.2, 0.25) is 0 Å². The molecule has 0 fully saturated rings. The van der Waals surface area contributed by atoms with Crippen molar-refractivity contribution in [1.82, 2.24) is 9.55 Å². The fraction of sp³-hybridized carbons (Fsp3) is 0.158. The summed E-state index contributed by atoms with van der Waals surface area (Å²) >= 11 is 0. The van der Waals surface area contributed by atoms with Crippen LogP contribution in [0.2, 0.25) is 0 Å². The molecule has 7 heteroatoms. The molecular weight excluding hydrogens is 332 g/mol. The SMILES string of the molecule is Cc1cc(NC(=O)c2ccc(C)c([N+](=O)[O-])c2)cc(-n2cnc(C)c2)c1. The average molecular weight is 350 g/mol. The number of aryl methyl sites for hydroxylation is 3. The maximum atomic E-state index is 12.5. The van der Waals surface area contributed by atoms with E-state index >= 15 is 0 Å². The molecule has 1 amide bonds. The highest BCUT2D eigenvalue weighted by Gasteiger charge is 2.15. The van der Waals surface area contributed by atoms with Crippen LogP contribution in [0.3, 0.4) is 0 Å². The van der Waals surface area contributed by atoms with Gasteiger partial charge in [-0.25, -0.2) is 4.98 Å². The molecule has 0 aliphatic heterocycles. The van der Waals surface area contributed by atoms with Crippen molar-refractivity contribution in [3.05, 3.63) is 81.4 Å². The van der Waals surface area contributed by atoms with Crippen LogP contribution in [0.4, 0.5) is 11.4 Å². The lowest BCUT2D eigenvalue weighted by atomic mass is 10.1. The number of nitrogens with zero attached hydrogens (tertiary/aromatic N) is 3. The van der Waals surface area contributed by atoms with Crippen molar-refractivity contribution in [3.8, 4) is 5.69 Å². The van der Waals surface area contributed by atoms with E-state index in [4.69, 9.17) is 0 Å². The van der Waals surface area contributed by atoms with Crippen molar-refractivity contribution < 1.29 is 9.72 Å². The van der Waals surface area contributed by atoms with Crippen LogP contribution in [0.15, 0.2) is 48.9 Å². The summed E-state index contributed by atoms with van der Waals surface area (Å²) in [6, 6.07) is 10.1. The van der Waals surface area contributed by atoms with Crippen molar-refractivity contribution >= 4 is 17.3 Å². The maximum absolute atomic E-state index is 12.5. The van der Waals surface area contributed by atoms with Gasteiger partial charge in [0.1, 0.15) is 0 Å². The second-order valence-electron chi connectivity index (χ2n) is 6.19. The number of carbonyl (C=O) groups is 1. The minimum Gasteiger partial charge on any atom is -0.322 e. The Balaban J connectivity index is 1.89. The second kappa shape index (κ2) is 6.79. The molecule has 2 aromatic carbocycles. The Morgan fingerprint density at radius 3 is 2.58 bits per heavy atom. The van der Waals surface area contributed by atoms with Crippen LogP contribution in [-0.4, -0.2) is 20.4 Å². The van der Waals surface area contributed by atoms with Crippen LogP contribution in [0, 0.1) is 30.9 Å². The Bertz CT molecular complexity index is 1010. The Kier molecular flexibility index (Phi) is 4.53. The number of amides is 1. The van der Waals surface area contributed by atoms with Crippen molar-refractivity contribution in [2.75, 3.05) is 5.32 Å². The van der Waals surface area contributed by atoms with Gasteiger partial charge in [-0.2, -0.15) is 0 Å². The van der Waals surface area contributed by atoms with Crippen LogP contribution in [0.1, 0.15) is 27.2 Å². The highest BCUT2D eigenvalue weighted by molar-refractivity contribution is 6.04. The van der Waals surface area contributed by atoms with E-state index in [9.17, 15) is 14.9 Å². The van der Waals surface area contributed by atoms with Crippen molar-refractivity contribution in [2.24, 2.45) is 0 Å². The lowest BCUT2D eigenvalue weighted by Gasteiger charge is -2.10. The van der Waals surface area contributed by atoms with E-state index < -0.39 is 10.8 Å². The first-order valence-electron chi connectivity index (χ1n) is 8.02. The predicted octanol–water partition coefficient (Wildman–Crippen LogP) is 3.96. The van der Waals surface area contributed by atoms with Crippen LogP contribution in [0.25, 0.3) is 5.69 Å². The normalized spacial score (nSPS) is 10.6. The predicted molar refractivity (Wildman–Crippen MR) is 98.8 cm³/mol. The summed E-state index contributed by atoms with van der Waals surface area (Å²) in [5, 5.41) is 13.9. The molecule has 132 valence electrons. The van der Waals surface area contributed by atoms with Gasteiger partial charge in [0.05, 0.1) is 16.9 Å². The summed E-state index contributed by atoms with van der Waals surface area (Å²) in [6.45, 7) is 5.47. The molecular formula is C19H18N4O3. The number of anilines is 1. The van der Waals surface area contributed by atoms with Gasteiger partial charge in [-0.15, -0.1) is 0 Å². The molecule has 0 spiro atoms. The third-order valence-electron chi connectivity index (χ3n) is 4.00. The first-order valence-corrected chi connectivity index (χ1v) is 8.02. The molecule has 0 atom stereocenters. The molecule has 3 rings (SSSR count). The van der Waals surface area contributed by atoms with E-state index in [0.29, 0.717) is 11.3 Å². The number of benzene rings is 2. The standard InChI is InChI=1S/C19H18N4O3/c1-12-6-16(9-17(7-12)22-10-14(3)20-11-22)21-19(24)15-5-4-13(2)18(8-15)23(25)26/h4-11H,1-3H3,(H,21,24). The number of aromatic nitrogens is 2. The first kappa shape index (κ1) is 17.3. The third kappa shape index (κ3) is 3.61. The van der Waals surface area contributed by atoms with Crippen molar-refractivity contribution in [2.45, 2.75) is 20.8 Å². The smallest absolute Gasteiger partial charge is 0.273 e. The molecule has 26 heavy (non-hydrogen) atoms. The molecule has 0 radical (unpaired) electrons. The zero-order chi connectivity index (χ0) is 18.8. The maximum Gasteiger partial charge on any atom is 0.273 e. The van der Waals surface area contributed by atoms with E-state index in [0.717, 1.165) is 16.9 Å². The quantitative estimate of drug-likeness (QED) is 0.570. The lowest BCUT2D eigenvalue weighted by molar-refractivity contribution is -0.385. The minimum atomic E-state index is -0.488. The first-order chi connectivity index (χ1) is 12.3. The number of nitro groups is 1. The van der Waals surface area contributed by atoms with E-state index in [1.165, 1.54) is 6.07 Å². The van der Waals surface area contributed by atoms with E-state index in [2.05, 4.69) is 10.3 Å². The van der Waals surface area contributed by atoms with Crippen LogP contribution in [-0.2, 0) is 0 Å². The Morgan fingerprint density at radius 1 is 1.15 bits per heavy atom. The molecule has 1 aromatic heterocycles. The number of nitrogens with one attached hydrogen (secondary N) is 1. The largest absolute Gasteiger partial charge is 0.322 e. The highest BCUT2D eigenvalue weighted by Crippen LogP contribution is 2.22. The monoisotopic (exact) mass is 350 g/mol. The Labute approximate surface area is 150 Å². The molecule has 7 nitrogen and oxygen atoms in total. The van der Waals surface area contributed by atoms with Gasteiger partial charge >= 0.3 is 0 Å². The molecule has 0 aliphatic carbocycles. The summed E-state index contributed by atoms with van der Waals surface area (Å²) in [7, 11) is 0. The molecule has 1 N–H and O–H groups in total. The van der Waals surface area contributed by atoms with Gasteiger partial charge in [0.15, 0.2) is 0 Å². The third-order valence-corrected chi connectivity index (χ3v) is 4.00. The van der Waals surface area contributed by atoms with E-state index in [1.54, 1.807) is 25.4 Å². The Morgan fingerprint density at radius 2 is 1.92 bits per heavy atom. The molecule has 0 saturated heterocycles. The summed E-state index contributed by atoms with van der Waals surface area (Å²) in [5.41, 5.74) is 4.03. The number of hydrogen-bond acceptors (Lipinski definition) is 4. The molecule has 0 saturated carbocycles. The van der Waals surface area contributed by atoms with Crippen molar-refractivity contribution in [3.63, 3.8) is 0 Å². The summed E-state index contributed by atoms with van der Waals surface area (Å²) < 4.78 is 1.87. The molecule has 0 unspecified atom stereocenters. The lowest BCUT2D eigenvalue weighted by Crippen LogP contribution is -2.13. The number of nitro benzene ring substituents is 1. The van der Waals surface area contributed by atoms with Crippen LogP contribution >= 0.6 is 0 Å². The second-order valence-corrected chi connectivity index (χ2v) is 6.19. The van der Waals surface area contributed by atoms with Gasteiger partial charge in [-0.3, -0.25) is 14.9 Å². The molecule has 0 aliphatic rings. The molecule has 1 heterocycles. The van der Waals surface area contributed by atoms with Gasteiger partial charge in [-0.05, 0) is 50.6 Å². The van der Waals surface area contributed by atoms with E-state index in [1.807, 2.05) is 42.8 Å². The summed E-state index contributed by atoms with van der Waals surface area (Å²) in [6.07, 6.45) is 3.60. The number of carbonyl (C=O) groups excluding carboxylic acids is 1. The molecule has 3 aromatic rings. The van der Waals surface area contributed by atoms with Crippen molar-refractivity contribution in [1.29, 1.82) is 0 Å². The highest BCUT2D eigenvalue weighted by atomic mass is 16.6. The zero-order valence-corrected chi connectivity index (χ0v) is 14.7. The topological polar surface area (TPSA) is 90.1 Å². The van der Waals surface area contributed by atoms with Gasteiger partial charge in [0.25, 0.3) is 11.6 Å².